The standard InChI is InChI=1S/C16H19ClF2N4OS/c1-3-14-23-12(9-25-14)8-22-16(20-2)21-7-10-6-11(17)4-5-13(10)24-15(18)19/h4-6,9,15H,3,7-8H2,1-2H3,(H2,20,21,22). The Kier molecular flexibility index (Phi) is 7.39. The Bertz CT molecular complexity index is 724. The van der Waals surface area contributed by atoms with Crippen molar-refractivity contribution in [3.05, 3.63) is 44.9 Å². The maximum Gasteiger partial charge on any atom is 0.387 e. The predicted octanol–water partition coefficient (Wildman–Crippen LogP) is 3.83. The van der Waals surface area contributed by atoms with Crippen LogP contribution in [0.3, 0.4) is 0 Å². The molecule has 0 radical (unpaired) electrons. The number of nitrogens with one attached hydrogen (secondary N) is 2. The van der Waals surface area contributed by atoms with E-state index in [-0.39, 0.29) is 12.3 Å². The molecule has 0 spiro atoms. The first-order chi connectivity index (χ1) is 12.0. The fourth-order valence-corrected chi connectivity index (χ4v) is 3.00. The Balaban J connectivity index is 1.95. The van der Waals surface area contributed by atoms with E-state index < -0.39 is 6.61 Å². The van der Waals surface area contributed by atoms with E-state index in [0.717, 1.165) is 17.1 Å². The lowest BCUT2D eigenvalue weighted by atomic mass is 10.2. The second-order valence-corrected chi connectivity index (χ2v) is 6.38. The van der Waals surface area contributed by atoms with Crippen molar-refractivity contribution in [1.29, 1.82) is 0 Å². The molecule has 1 aromatic heterocycles. The van der Waals surface area contributed by atoms with E-state index in [4.69, 9.17) is 11.6 Å². The quantitative estimate of drug-likeness (QED) is 0.559. The molecular formula is C16H19ClF2N4OS. The fourth-order valence-electron chi connectivity index (χ4n) is 2.06. The molecular weight excluding hydrogens is 370 g/mol. The van der Waals surface area contributed by atoms with E-state index in [9.17, 15) is 8.78 Å². The summed E-state index contributed by atoms with van der Waals surface area (Å²) in [5.41, 5.74) is 1.44. The van der Waals surface area contributed by atoms with Gasteiger partial charge in [0.25, 0.3) is 0 Å². The third-order valence-electron chi connectivity index (χ3n) is 3.25. The van der Waals surface area contributed by atoms with Gasteiger partial charge in [-0.15, -0.1) is 11.3 Å². The summed E-state index contributed by atoms with van der Waals surface area (Å²) in [4.78, 5) is 8.57. The lowest BCUT2D eigenvalue weighted by molar-refractivity contribution is -0.0504. The minimum atomic E-state index is -2.89. The first-order valence-electron chi connectivity index (χ1n) is 7.62. The molecule has 0 fully saturated rings. The largest absolute Gasteiger partial charge is 0.434 e. The molecule has 2 rings (SSSR count). The Morgan fingerprint density at radius 3 is 2.76 bits per heavy atom. The van der Waals surface area contributed by atoms with Gasteiger partial charge >= 0.3 is 6.61 Å². The lowest BCUT2D eigenvalue weighted by Crippen LogP contribution is -2.36. The van der Waals surface area contributed by atoms with Gasteiger partial charge in [0.15, 0.2) is 5.96 Å². The zero-order valence-electron chi connectivity index (χ0n) is 13.9. The van der Waals surface area contributed by atoms with E-state index in [1.54, 1.807) is 24.5 Å². The number of ether oxygens (including phenoxy) is 1. The zero-order chi connectivity index (χ0) is 18.2. The normalized spacial score (nSPS) is 11.7. The highest BCUT2D eigenvalue weighted by Gasteiger charge is 2.11. The second-order valence-electron chi connectivity index (χ2n) is 5.00. The summed E-state index contributed by atoms with van der Waals surface area (Å²) in [5, 5.41) is 9.69. The van der Waals surface area contributed by atoms with Gasteiger partial charge < -0.3 is 15.4 Å². The highest BCUT2D eigenvalue weighted by atomic mass is 35.5. The third kappa shape index (κ3) is 6.13. The average Bonchev–Trinajstić information content (AvgIpc) is 3.05. The molecule has 0 bridgehead atoms. The molecule has 5 nitrogen and oxygen atoms in total. The molecule has 0 atom stereocenters. The van der Waals surface area contributed by atoms with Crippen LogP contribution in [0.1, 0.15) is 23.2 Å². The molecule has 0 aliphatic carbocycles. The van der Waals surface area contributed by atoms with E-state index in [1.807, 2.05) is 5.38 Å². The van der Waals surface area contributed by atoms with Crippen LogP contribution < -0.4 is 15.4 Å². The van der Waals surface area contributed by atoms with Crippen LogP contribution in [-0.2, 0) is 19.5 Å². The number of guanidine groups is 1. The van der Waals surface area contributed by atoms with Crippen molar-refractivity contribution < 1.29 is 13.5 Å². The Labute approximate surface area is 154 Å². The van der Waals surface area contributed by atoms with Crippen molar-refractivity contribution in [1.82, 2.24) is 15.6 Å². The number of aliphatic imine (C=N–C) groups is 1. The SMILES string of the molecule is CCc1nc(CNC(=NC)NCc2cc(Cl)ccc2OC(F)F)cs1. The predicted molar refractivity (Wildman–Crippen MR) is 96.6 cm³/mol. The molecule has 0 saturated carbocycles. The number of alkyl halides is 2. The van der Waals surface area contributed by atoms with Crippen LogP contribution >= 0.6 is 22.9 Å². The number of aryl methyl sites for hydroxylation is 1. The number of hydrogen-bond donors (Lipinski definition) is 2. The maximum atomic E-state index is 12.5. The van der Waals surface area contributed by atoms with Gasteiger partial charge in [0, 0.05) is 29.6 Å². The summed E-state index contributed by atoms with van der Waals surface area (Å²) < 4.78 is 29.5. The number of thiazole rings is 1. The summed E-state index contributed by atoms with van der Waals surface area (Å²) in [6, 6.07) is 4.50. The summed E-state index contributed by atoms with van der Waals surface area (Å²) in [7, 11) is 1.63. The molecule has 0 aliphatic rings. The molecule has 25 heavy (non-hydrogen) atoms. The van der Waals surface area contributed by atoms with E-state index in [1.165, 1.54) is 12.1 Å². The summed E-state index contributed by atoms with van der Waals surface area (Å²) in [5.74, 6) is 0.600. The second kappa shape index (κ2) is 9.53. The molecule has 2 aromatic rings. The van der Waals surface area contributed by atoms with Crippen LogP contribution in [0.15, 0.2) is 28.6 Å². The van der Waals surface area contributed by atoms with Crippen molar-refractivity contribution in [2.24, 2.45) is 4.99 Å². The van der Waals surface area contributed by atoms with Gasteiger partial charge in [0.05, 0.1) is 17.2 Å². The van der Waals surface area contributed by atoms with Crippen LogP contribution in [-0.4, -0.2) is 24.6 Å². The Hall–Kier alpha value is -1.93. The lowest BCUT2D eigenvalue weighted by Gasteiger charge is -2.14. The van der Waals surface area contributed by atoms with Gasteiger partial charge in [0.1, 0.15) is 5.75 Å². The molecule has 1 heterocycles. The van der Waals surface area contributed by atoms with Gasteiger partial charge in [0.2, 0.25) is 0 Å². The van der Waals surface area contributed by atoms with Crippen molar-refractivity contribution in [3.8, 4) is 5.75 Å². The molecule has 0 amide bonds. The number of aromatic nitrogens is 1. The number of rotatable bonds is 7. The molecule has 0 saturated heterocycles. The van der Waals surface area contributed by atoms with Crippen molar-refractivity contribution in [3.63, 3.8) is 0 Å². The van der Waals surface area contributed by atoms with Gasteiger partial charge in [-0.25, -0.2) is 4.98 Å². The molecule has 2 N–H and O–H groups in total. The summed E-state index contributed by atoms with van der Waals surface area (Å²) in [6.07, 6.45) is 0.902. The first-order valence-corrected chi connectivity index (χ1v) is 8.88. The Morgan fingerprint density at radius 1 is 1.36 bits per heavy atom. The van der Waals surface area contributed by atoms with E-state index in [0.29, 0.717) is 23.1 Å². The minimum Gasteiger partial charge on any atom is -0.434 e. The number of halogens is 3. The molecule has 0 aliphatic heterocycles. The monoisotopic (exact) mass is 388 g/mol. The van der Waals surface area contributed by atoms with Crippen LogP contribution in [0.4, 0.5) is 8.78 Å². The fraction of sp³-hybridized carbons (Fsp3) is 0.375. The third-order valence-corrected chi connectivity index (χ3v) is 4.52. The van der Waals surface area contributed by atoms with Gasteiger partial charge in [-0.2, -0.15) is 8.78 Å². The molecule has 0 unspecified atom stereocenters. The molecule has 1 aromatic carbocycles. The molecule has 136 valence electrons. The number of hydrogen-bond acceptors (Lipinski definition) is 4. The van der Waals surface area contributed by atoms with Crippen molar-refractivity contribution >= 4 is 28.9 Å². The average molecular weight is 389 g/mol. The number of nitrogens with zero attached hydrogens (tertiary/aromatic N) is 2. The highest BCUT2D eigenvalue weighted by molar-refractivity contribution is 7.09. The minimum absolute atomic E-state index is 0.0782. The van der Waals surface area contributed by atoms with Crippen molar-refractivity contribution in [2.45, 2.75) is 33.0 Å². The van der Waals surface area contributed by atoms with Gasteiger partial charge in [-0.3, -0.25) is 4.99 Å². The summed E-state index contributed by atoms with van der Waals surface area (Å²) in [6.45, 7) is -0.0820. The van der Waals surface area contributed by atoms with Gasteiger partial charge in [-0.05, 0) is 24.6 Å². The van der Waals surface area contributed by atoms with E-state index >= 15 is 0 Å². The number of benzene rings is 1. The van der Waals surface area contributed by atoms with Crippen LogP contribution in [0.5, 0.6) is 5.75 Å². The summed E-state index contributed by atoms with van der Waals surface area (Å²) >= 11 is 7.55. The zero-order valence-corrected chi connectivity index (χ0v) is 15.4. The smallest absolute Gasteiger partial charge is 0.387 e. The molecule has 9 heteroatoms. The first kappa shape index (κ1) is 19.4. The van der Waals surface area contributed by atoms with E-state index in [2.05, 4.69) is 32.3 Å². The maximum absolute atomic E-state index is 12.5. The van der Waals surface area contributed by atoms with Crippen LogP contribution in [0, 0.1) is 0 Å². The van der Waals surface area contributed by atoms with Crippen LogP contribution in [0.25, 0.3) is 0 Å². The van der Waals surface area contributed by atoms with Gasteiger partial charge in [-0.1, -0.05) is 18.5 Å². The topological polar surface area (TPSA) is 58.5 Å². The Morgan fingerprint density at radius 2 is 2.12 bits per heavy atom. The highest BCUT2D eigenvalue weighted by Crippen LogP contribution is 2.24. The van der Waals surface area contributed by atoms with Crippen molar-refractivity contribution in [2.75, 3.05) is 7.05 Å². The van der Waals surface area contributed by atoms with Crippen LogP contribution in [0.2, 0.25) is 5.02 Å².